The van der Waals surface area contributed by atoms with E-state index in [1.807, 2.05) is 31.1 Å². The molecule has 1 amide bonds. The SMILES string of the molecule is COC(CN)C(=O)N(CCN(C)C)Cc1cccnc1. The Bertz CT molecular complexity index is 393. The third kappa shape index (κ3) is 5.24. The highest BCUT2D eigenvalue weighted by Crippen LogP contribution is 2.06. The minimum absolute atomic E-state index is 0.0827. The number of hydrogen-bond donors (Lipinski definition) is 1. The van der Waals surface area contributed by atoms with Gasteiger partial charge in [-0.15, -0.1) is 0 Å². The van der Waals surface area contributed by atoms with E-state index in [1.54, 1.807) is 17.3 Å². The lowest BCUT2D eigenvalue weighted by atomic mass is 10.2. The Morgan fingerprint density at radius 1 is 1.45 bits per heavy atom. The predicted molar refractivity (Wildman–Crippen MR) is 78.1 cm³/mol. The van der Waals surface area contributed by atoms with Gasteiger partial charge in [-0.3, -0.25) is 9.78 Å². The molecule has 0 aliphatic heterocycles. The number of rotatable bonds is 8. The fourth-order valence-corrected chi connectivity index (χ4v) is 1.80. The van der Waals surface area contributed by atoms with Gasteiger partial charge in [0, 0.05) is 45.7 Å². The zero-order valence-electron chi connectivity index (χ0n) is 12.5. The number of hydrogen-bond acceptors (Lipinski definition) is 5. The van der Waals surface area contributed by atoms with Gasteiger partial charge >= 0.3 is 0 Å². The van der Waals surface area contributed by atoms with Gasteiger partial charge in [-0.05, 0) is 25.7 Å². The van der Waals surface area contributed by atoms with Crippen LogP contribution in [-0.4, -0.2) is 67.6 Å². The van der Waals surface area contributed by atoms with Crippen molar-refractivity contribution < 1.29 is 9.53 Å². The number of aromatic nitrogens is 1. The molecule has 0 aliphatic carbocycles. The highest BCUT2D eigenvalue weighted by molar-refractivity contribution is 5.81. The number of likely N-dealkylation sites (N-methyl/N-ethyl adjacent to an activating group) is 1. The number of ether oxygens (including phenoxy) is 1. The van der Waals surface area contributed by atoms with Crippen molar-refractivity contribution in [3.8, 4) is 0 Å². The summed E-state index contributed by atoms with van der Waals surface area (Å²) in [5, 5.41) is 0. The topological polar surface area (TPSA) is 71.7 Å². The fourth-order valence-electron chi connectivity index (χ4n) is 1.80. The Kier molecular flexibility index (Phi) is 7.14. The summed E-state index contributed by atoms with van der Waals surface area (Å²) in [6, 6.07) is 3.81. The van der Waals surface area contributed by atoms with Gasteiger partial charge in [0.2, 0.25) is 0 Å². The maximum Gasteiger partial charge on any atom is 0.253 e. The molecule has 1 atom stereocenters. The normalized spacial score (nSPS) is 12.4. The van der Waals surface area contributed by atoms with Crippen LogP contribution in [0.2, 0.25) is 0 Å². The standard InChI is InChI=1S/C14H24N4O2/c1-17(2)7-8-18(14(19)13(9-15)20-3)11-12-5-4-6-16-10-12/h4-6,10,13H,7-9,11,15H2,1-3H3. The summed E-state index contributed by atoms with van der Waals surface area (Å²) in [4.78, 5) is 20.3. The van der Waals surface area contributed by atoms with Crippen LogP contribution in [0.4, 0.5) is 0 Å². The van der Waals surface area contributed by atoms with E-state index in [2.05, 4.69) is 4.98 Å². The summed E-state index contributed by atoms with van der Waals surface area (Å²) < 4.78 is 5.14. The van der Waals surface area contributed by atoms with Crippen LogP contribution < -0.4 is 5.73 Å². The van der Waals surface area contributed by atoms with Crippen molar-refractivity contribution in [2.24, 2.45) is 5.73 Å². The molecule has 1 unspecified atom stereocenters. The summed E-state index contributed by atoms with van der Waals surface area (Å²) in [5.74, 6) is -0.0827. The quantitative estimate of drug-likeness (QED) is 0.722. The number of carbonyl (C=O) groups is 1. The van der Waals surface area contributed by atoms with E-state index >= 15 is 0 Å². The van der Waals surface area contributed by atoms with Gasteiger partial charge in [0.25, 0.3) is 5.91 Å². The van der Waals surface area contributed by atoms with Crippen molar-refractivity contribution in [2.45, 2.75) is 12.6 Å². The molecule has 6 heteroatoms. The molecule has 1 aromatic heterocycles. The van der Waals surface area contributed by atoms with Crippen LogP contribution in [0.3, 0.4) is 0 Å². The van der Waals surface area contributed by atoms with E-state index in [9.17, 15) is 4.79 Å². The summed E-state index contributed by atoms with van der Waals surface area (Å²) in [5.41, 5.74) is 6.57. The van der Waals surface area contributed by atoms with Crippen molar-refractivity contribution >= 4 is 5.91 Å². The first kappa shape index (κ1) is 16.6. The molecule has 0 fully saturated rings. The average molecular weight is 280 g/mol. The predicted octanol–water partition coefficient (Wildman–Crippen LogP) is -0.0545. The van der Waals surface area contributed by atoms with Crippen LogP contribution >= 0.6 is 0 Å². The van der Waals surface area contributed by atoms with Crippen LogP contribution in [0.25, 0.3) is 0 Å². The molecule has 20 heavy (non-hydrogen) atoms. The molecule has 0 spiro atoms. The summed E-state index contributed by atoms with van der Waals surface area (Å²) >= 11 is 0. The van der Waals surface area contributed by atoms with Gasteiger partial charge in [-0.1, -0.05) is 6.07 Å². The molecule has 0 saturated heterocycles. The van der Waals surface area contributed by atoms with E-state index in [0.29, 0.717) is 13.1 Å². The van der Waals surface area contributed by atoms with Crippen LogP contribution in [0, 0.1) is 0 Å². The summed E-state index contributed by atoms with van der Waals surface area (Å²) in [6.45, 7) is 2.11. The molecule has 0 aliphatic rings. The maximum absolute atomic E-state index is 12.4. The Hall–Kier alpha value is -1.50. The Labute approximate surface area is 120 Å². The van der Waals surface area contributed by atoms with Crippen molar-refractivity contribution in [3.63, 3.8) is 0 Å². The number of nitrogens with zero attached hydrogens (tertiary/aromatic N) is 3. The lowest BCUT2D eigenvalue weighted by molar-refractivity contribution is -0.142. The van der Waals surface area contributed by atoms with Crippen LogP contribution in [0.1, 0.15) is 5.56 Å². The van der Waals surface area contributed by atoms with E-state index in [1.165, 1.54) is 7.11 Å². The molecule has 112 valence electrons. The number of carbonyl (C=O) groups excluding carboxylic acids is 1. The van der Waals surface area contributed by atoms with Crippen LogP contribution in [-0.2, 0) is 16.1 Å². The van der Waals surface area contributed by atoms with Gasteiger partial charge in [0.15, 0.2) is 0 Å². The van der Waals surface area contributed by atoms with Gasteiger partial charge in [-0.25, -0.2) is 0 Å². The largest absolute Gasteiger partial charge is 0.370 e. The first-order valence-electron chi connectivity index (χ1n) is 6.63. The molecule has 0 saturated carbocycles. The summed E-state index contributed by atoms with van der Waals surface area (Å²) in [7, 11) is 5.45. The Morgan fingerprint density at radius 2 is 2.20 bits per heavy atom. The monoisotopic (exact) mass is 280 g/mol. The second-order valence-corrected chi connectivity index (χ2v) is 4.88. The molecule has 1 heterocycles. The first-order chi connectivity index (χ1) is 9.58. The molecule has 2 N–H and O–H groups in total. The molecular weight excluding hydrogens is 256 g/mol. The lowest BCUT2D eigenvalue weighted by Crippen LogP contribution is -2.45. The second kappa shape index (κ2) is 8.63. The highest BCUT2D eigenvalue weighted by atomic mass is 16.5. The smallest absolute Gasteiger partial charge is 0.253 e. The Morgan fingerprint density at radius 3 is 2.70 bits per heavy atom. The van der Waals surface area contributed by atoms with Crippen molar-refractivity contribution in [1.29, 1.82) is 0 Å². The highest BCUT2D eigenvalue weighted by Gasteiger charge is 2.23. The molecule has 6 nitrogen and oxygen atoms in total. The minimum Gasteiger partial charge on any atom is -0.370 e. The maximum atomic E-state index is 12.4. The molecule has 0 aromatic carbocycles. The van der Waals surface area contributed by atoms with E-state index in [4.69, 9.17) is 10.5 Å². The van der Waals surface area contributed by atoms with Gasteiger partial charge in [0.1, 0.15) is 6.10 Å². The average Bonchev–Trinajstić information content (AvgIpc) is 2.45. The van der Waals surface area contributed by atoms with Gasteiger partial charge in [0.05, 0.1) is 0 Å². The van der Waals surface area contributed by atoms with E-state index < -0.39 is 6.10 Å². The van der Waals surface area contributed by atoms with Gasteiger partial charge in [-0.2, -0.15) is 0 Å². The second-order valence-electron chi connectivity index (χ2n) is 4.88. The molecule has 0 radical (unpaired) electrons. The number of methoxy groups -OCH3 is 1. The molecule has 0 bridgehead atoms. The van der Waals surface area contributed by atoms with Crippen LogP contribution in [0.5, 0.6) is 0 Å². The fraction of sp³-hybridized carbons (Fsp3) is 0.571. The van der Waals surface area contributed by atoms with Crippen LogP contribution in [0.15, 0.2) is 24.5 Å². The van der Waals surface area contributed by atoms with E-state index in [0.717, 1.165) is 12.1 Å². The zero-order valence-corrected chi connectivity index (χ0v) is 12.5. The first-order valence-corrected chi connectivity index (χ1v) is 6.63. The van der Waals surface area contributed by atoms with Crippen molar-refractivity contribution in [1.82, 2.24) is 14.8 Å². The summed E-state index contributed by atoms with van der Waals surface area (Å²) in [6.07, 6.45) is 2.89. The van der Waals surface area contributed by atoms with Gasteiger partial charge < -0.3 is 20.3 Å². The number of pyridine rings is 1. The molecule has 1 rings (SSSR count). The zero-order chi connectivity index (χ0) is 15.0. The van der Waals surface area contributed by atoms with Crippen molar-refractivity contribution in [2.75, 3.05) is 40.8 Å². The molecule has 1 aromatic rings. The number of amides is 1. The van der Waals surface area contributed by atoms with Crippen molar-refractivity contribution in [3.05, 3.63) is 30.1 Å². The number of nitrogens with two attached hydrogens (primary N) is 1. The third-order valence-electron chi connectivity index (χ3n) is 3.00. The van der Waals surface area contributed by atoms with E-state index in [-0.39, 0.29) is 12.5 Å². The minimum atomic E-state index is -0.589. The third-order valence-corrected chi connectivity index (χ3v) is 3.00. The lowest BCUT2D eigenvalue weighted by Gasteiger charge is -2.27. The molecular formula is C14H24N4O2. The Balaban J connectivity index is 2.76.